The van der Waals surface area contributed by atoms with E-state index in [9.17, 15) is 9.59 Å². The molecule has 0 spiro atoms. The van der Waals surface area contributed by atoms with Gasteiger partial charge in [0.25, 0.3) is 0 Å². The molecule has 0 heterocycles. The molecule has 2 atom stereocenters. The molecule has 0 aliphatic rings. The van der Waals surface area contributed by atoms with Crippen molar-refractivity contribution in [3.8, 4) is 24.2 Å². The van der Waals surface area contributed by atoms with Gasteiger partial charge < -0.3 is 18.5 Å². The van der Waals surface area contributed by atoms with E-state index < -0.39 is 0 Å². The molecular formula is C33H46O6P2. The van der Waals surface area contributed by atoms with Crippen molar-refractivity contribution in [2.24, 2.45) is 0 Å². The van der Waals surface area contributed by atoms with Gasteiger partial charge in [0.2, 0.25) is 0 Å². The van der Waals surface area contributed by atoms with Crippen molar-refractivity contribution in [2.75, 3.05) is 39.8 Å². The van der Waals surface area contributed by atoms with Crippen LogP contribution in [-0.2, 0) is 18.5 Å². The average molecular weight is 601 g/mol. The molecule has 0 amide bonds. The lowest BCUT2D eigenvalue weighted by molar-refractivity contribution is 0.0515. The minimum atomic E-state index is -0.261. The Labute approximate surface area is 251 Å². The number of hydrogen-bond donors (Lipinski definition) is 0. The molecule has 0 saturated carbocycles. The van der Waals surface area contributed by atoms with Gasteiger partial charge in [0.1, 0.15) is 0 Å². The highest BCUT2D eigenvalue weighted by Crippen LogP contribution is 2.19. The quantitative estimate of drug-likeness (QED) is 0.122. The van der Waals surface area contributed by atoms with Crippen LogP contribution in [-0.4, -0.2) is 51.7 Å². The predicted octanol–water partition coefficient (Wildman–Crippen LogP) is 7.50. The van der Waals surface area contributed by atoms with E-state index in [1.807, 2.05) is 72.7 Å². The molecule has 0 radical (unpaired) electrons. The summed E-state index contributed by atoms with van der Waals surface area (Å²) in [5, 5.41) is 0. The van der Waals surface area contributed by atoms with Crippen molar-refractivity contribution in [1.29, 1.82) is 0 Å². The first kappa shape index (κ1) is 38.3. The van der Waals surface area contributed by atoms with Crippen molar-refractivity contribution in [3.05, 3.63) is 68.8 Å². The summed E-state index contributed by atoms with van der Waals surface area (Å²) in [7, 11) is 4.48. The van der Waals surface area contributed by atoms with Crippen molar-refractivity contribution in [2.45, 2.75) is 61.3 Å². The molecule has 0 N–H and O–H groups in total. The average Bonchev–Trinajstić information content (AvgIpc) is 2.89. The number of esters is 2. The van der Waals surface area contributed by atoms with E-state index in [4.69, 9.17) is 24.9 Å². The fourth-order valence-electron chi connectivity index (χ4n) is 3.87. The van der Waals surface area contributed by atoms with E-state index in [2.05, 4.69) is 17.8 Å². The second-order valence-electron chi connectivity index (χ2n) is 8.90. The summed E-state index contributed by atoms with van der Waals surface area (Å²) >= 11 is 0. The van der Waals surface area contributed by atoms with Gasteiger partial charge in [0.05, 0.1) is 24.3 Å². The number of aryl methyl sites for hydroxylation is 5. The lowest BCUT2D eigenvalue weighted by Gasteiger charge is -2.09. The standard InChI is InChI=1S/C16H21O3P.C12H16O2.C5H9OP/c1-5-19-16(17)15-12(2)10-14(11-13(15)3)8-6-7-9-20-18-4;1-5-14-12(13)11-9(3)6-8(2)7-10(11)4;1-3-4-5-7-6-2/h10-11,20H,5,7,9H2,1-4H3;6-7H,5H2,1-4H3;1,7H,4-5H2,2H3. The first-order valence-electron chi connectivity index (χ1n) is 13.5. The molecule has 0 aliphatic heterocycles. The molecule has 0 bridgehead atoms. The van der Waals surface area contributed by atoms with Crippen molar-refractivity contribution >= 4 is 29.6 Å². The highest BCUT2D eigenvalue weighted by atomic mass is 31.1. The van der Waals surface area contributed by atoms with Gasteiger partial charge in [-0.1, -0.05) is 29.5 Å². The molecule has 0 fully saturated rings. The second-order valence-corrected chi connectivity index (χ2v) is 11.3. The molecule has 2 unspecified atom stereocenters. The van der Waals surface area contributed by atoms with Gasteiger partial charge in [-0.2, -0.15) is 0 Å². The van der Waals surface area contributed by atoms with Crippen LogP contribution in [0.5, 0.6) is 0 Å². The summed E-state index contributed by atoms with van der Waals surface area (Å²) in [5.41, 5.74) is 7.26. The molecule has 41 heavy (non-hydrogen) atoms. The Morgan fingerprint density at radius 3 is 1.54 bits per heavy atom. The lowest BCUT2D eigenvalue weighted by Crippen LogP contribution is -2.09. The van der Waals surface area contributed by atoms with E-state index in [-0.39, 0.29) is 11.9 Å². The maximum atomic E-state index is 11.9. The topological polar surface area (TPSA) is 71.1 Å². The zero-order valence-corrected chi connectivity index (χ0v) is 28.1. The maximum Gasteiger partial charge on any atom is 0.338 e. The summed E-state index contributed by atoms with van der Waals surface area (Å²) in [6.07, 6.45) is 8.60. The Bertz CT molecular complexity index is 1160. The molecule has 0 saturated heterocycles. The van der Waals surface area contributed by atoms with Crippen LogP contribution < -0.4 is 0 Å². The molecule has 224 valence electrons. The smallest absolute Gasteiger partial charge is 0.338 e. The van der Waals surface area contributed by atoms with Crippen LogP contribution >= 0.6 is 17.6 Å². The van der Waals surface area contributed by atoms with Crippen LogP contribution in [0.2, 0.25) is 0 Å². The summed E-state index contributed by atoms with van der Waals surface area (Å²) in [4.78, 5) is 23.4. The first-order chi connectivity index (χ1) is 19.6. The van der Waals surface area contributed by atoms with Gasteiger partial charge >= 0.3 is 11.9 Å². The Morgan fingerprint density at radius 1 is 0.732 bits per heavy atom. The normalized spacial score (nSPS) is 10.1. The number of ether oxygens (including phenoxy) is 2. The number of benzene rings is 2. The largest absolute Gasteiger partial charge is 0.462 e. The SMILES string of the molecule is C#CCCPOC.CCOC(=O)c1c(C)cc(C#CCCPOC)cc1C.CCOC(=O)c1c(C)cc(C)cc1C. The van der Waals surface area contributed by atoms with E-state index in [1.54, 1.807) is 14.2 Å². The van der Waals surface area contributed by atoms with Crippen LogP contribution in [0.3, 0.4) is 0 Å². The Kier molecular flexibility index (Phi) is 21.4. The first-order valence-corrected chi connectivity index (χ1v) is 15.8. The molecule has 2 rings (SSSR count). The third-order valence-corrected chi connectivity index (χ3v) is 6.90. The van der Waals surface area contributed by atoms with Crippen LogP contribution in [0.15, 0.2) is 24.3 Å². The van der Waals surface area contributed by atoms with Gasteiger partial charge in [-0.15, -0.1) is 12.3 Å². The fraction of sp³-hybridized carbons (Fsp3) is 0.455. The zero-order valence-electron chi connectivity index (χ0n) is 26.1. The summed E-state index contributed by atoms with van der Waals surface area (Å²) in [5.74, 6) is 8.30. The Hall–Kier alpha value is -2.72. The minimum absolute atomic E-state index is 0.220. The molecular weight excluding hydrogens is 554 g/mol. The number of hydrogen-bond acceptors (Lipinski definition) is 6. The van der Waals surface area contributed by atoms with E-state index >= 15 is 0 Å². The predicted molar refractivity (Wildman–Crippen MR) is 174 cm³/mol. The lowest BCUT2D eigenvalue weighted by atomic mass is 9.99. The van der Waals surface area contributed by atoms with Crippen LogP contribution in [0.4, 0.5) is 0 Å². The molecule has 2 aromatic carbocycles. The van der Waals surface area contributed by atoms with Gasteiger partial charge in [-0.05, 0) is 82.9 Å². The fourth-order valence-corrected chi connectivity index (χ4v) is 4.75. The van der Waals surface area contributed by atoms with Gasteiger partial charge in [0, 0.05) is 62.6 Å². The van der Waals surface area contributed by atoms with Crippen LogP contribution in [0.25, 0.3) is 0 Å². The Balaban J connectivity index is 0.000000659. The van der Waals surface area contributed by atoms with Gasteiger partial charge in [-0.25, -0.2) is 9.59 Å². The molecule has 0 aromatic heterocycles. The van der Waals surface area contributed by atoms with E-state index in [0.717, 1.165) is 53.0 Å². The van der Waals surface area contributed by atoms with E-state index in [1.165, 1.54) is 5.56 Å². The molecule has 8 heteroatoms. The minimum Gasteiger partial charge on any atom is -0.462 e. The van der Waals surface area contributed by atoms with Crippen LogP contribution in [0, 0.1) is 58.8 Å². The van der Waals surface area contributed by atoms with E-state index in [0.29, 0.717) is 42.0 Å². The Morgan fingerprint density at radius 2 is 1.15 bits per heavy atom. The number of carbonyl (C=O) groups excluding carboxylic acids is 2. The zero-order chi connectivity index (χ0) is 31.2. The third kappa shape index (κ3) is 15.7. The number of terminal acetylenes is 1. The van der Waals surface area contributed by atoms with Crippen LogP contribution in [0.1, 0.15) is 80.8 Å². The highest BCUT2D eigenvalue weighted by Gasteiger charge is 2.14. The van der Waals surface area contributed by atoms with Crippen molar-refractivity contribution in [3.63, 3.8) is 0 Å². The molecule has 0 aliphatic carbocycles. The number of rotatable bonds is 10. The summed E-state index contributed by atoms with van der Waals surface area (Å²) in [6.45, 7) is 14.2. The van der Waals surface area contributed by atoms with Crippen molar-refractivity contribution < 1.29 is 28.1 Å². The van der Waals surface area contributed by atoms with Crippen molar-refractivity contribution in [1.82, 2.24) is 0 Å². The molecule has 2 aromatic rings. The van der Waals surface area contributed by atoms with Gasteiger partial charge in [0.15, 0.2) is 0 Å². The highest BCUT2D eigenvalue weighted by molar-refractivity contribution is 7.32. The summed E-state index contributed by atoms with van der Waals surface area (Å²) < 4.78 is 19.8. The maximum absolute atomic E-state index is 11.9. The summed E-state index contributed by atoms with van der Waals surface area (Å²) in [6, 6.07) is 7.87. The van der Waals surface area contributed by atoms with Gasteiger partial charge in [-0.3, -0.25) is 0 Å². The second kappa shape index (κ2) is 22.9. The number of carbonyl (C=O) groups is 2. The third-order valence-electron chi connectivity index (χ3n) is 5.41. The monoisotopic (exact) mass is 600 g/mol. The molecule has 6 nitrogen and oxygen atoms in total.